The average Bonchev–Trinajstić information content (AvgIpc) is 3.19. The van der Waals surface area contributed by atoms with Gasteiger partial charge in [0.2, 0.25) is 5.88 Å². The van der Waals surface area contributed by atoms with E-state index in [0.29, 0.717) is 12.4 Å². The van der Waals surface area contributed by atoms with Gasteiger partial charge >= 0.3 is 0 Å². The van der Waals surface area contributed by atoms with E-state index in [0.717, 1.165) is 49.9 Å². The molecule has 0 radical (unpaired) electrons. The number of ether oxygens (including phenoxy) is 2. The second kappa shape index (κ2) is 9.70. The van der Waals surface area contributed by atoms with Crippen molar-refractivity contribution in [3.63, 3.8) is 0 Å². The highest BCUT2D eigenvalue weighted by atomic mass is 16.5. The van der Waals surface area contributed by atoms with Crippen LogP contribution in [0.25, 0.3) is 0 Å². The first-order valence-corrected chi connectivity index (χ1v) is 10.8. The molecule has 1 aliphatic rings. The van der Waals surface area contributed by atoms with Gasteiger partial charge in [-0.2, -0.15) is 0 Å². The van der Waals surface area contributed by atoms with Crippen LogP contribution in [-0.4, -0.2) is 58.0 Å². The number of aryl methyl sites for hydroxylation is 1. The van der Waals surface area contributed by atoms with Crippen LogP contribution in [0.1, 0.15) is 37.6 Å². The lowest BCUT2D eigenvalue weighted by Crippen LogP contribution is -3.28. The number of piperazine rings is 1. The lowest BCUT2D eigenvalue weighted by Gasteiger charge is -2.29. The normalized spacial score (nSPS) is 19.2. The molecular weight excluding hydrogens is 396 g/mol. The van der Waals surface area contributed by atoms with Gasteiger partial charge in [0, 0.05) is 17.0 Å². The van der Waals surface area contributed by atoms with Gasteiger partial charge in [-0.15, -0.1) is 0 Å². The molecule has 1 aliphatic heterocycles. The summed E-state index contributed by atoms with van der Waals surface area (Å²) in [6.45, 7) is 13.6. The van der Waals surface area contributed by atoms with Gasteiger partial charge in [-0.3, -0.25) is 10.1 Å². The maximum Gasteiger partial charge on any atom is 0.281 e. The van der Waals surface area contributed by atoms with Crippen molar-refractivity contribution in [2.24, 2.45) is 0 Å². The van der Waals surface area contributed by atoms with Crippen LogP contribution in [0, 0.1) is 6.92 Å². The molecule has 8 heteroatoms. The maximum atomic E-state index is 12.4. The summed E-state index contributed by atoms with van der Waals surface area (Å²) >= 11 is 0. The zero-order chi connectivity index (χ0) is 22.6. The monoisotopic (exact) mass is 432 g/mol. The second-order valence-corrected chi connectivity index (χ2v) is 9.36. The number of anilines is 1. The molecule has 1 fully saturated rings. The Labute approximate surface area is 184 Å². The molecule has 0 saturated carbocycles. The molecule has 0 bridgehead atoms. The molecule has 3 N–H and O–H groups in total. The molecule has 0 atom stereocenters. The van der Waals surface area contributed by atoms with Crippen LogP contribution in [0.5, 0.6) is 11.5 Å². The lowest BCUT2D eigenvalue weighted by atomic mass is 9.92. The topological polar surface area (TPSA) is 82.5 Å². The maximum absolute atomic E-state index is 12.4. The molecule has 2 aromatic rings. The van der Waals surface area contributed by atoms with E-state index in [1.807, 2.05) is 6.07 Å². The van der Waals surface area contributed by atoms with E-state index in [1.54, 1.807) is 20.3 Å². The largest absolute Gasteiger partial charge is 0.493 e. The smallest absolute Gasteiger partial charge is 0.281 e. The Morgan fingerprint density at radius 3 is 2.26 bits per heavy atom. The van der Waals surface area contributed by atoms with Crippen LogP contribution in [0.4, 0.5) is 5.88 Å². The third-order valence-corrected chi connectivity index (χ3v) is 5.90. The van der Waals surface area contributed by atoms with Crippen LogP contribution in [-0.2, 0) is 16.8 Å². The van der Waals surface area contributed by atoms with Crippen LogP contribution in [0.15, 0.2) is 22.7 Å². The van der Waals surface area contributed by atoms with E-state index < -0.39 is 0 Å². The van der Waals surface area contributed by atoms with Gasteiger partial charge in [0.25, 0.3) is 5.91 Å². The van der Waals surface area contributed by atoms with Crippen molar-refractivity contribution in [2.45, 2.75) is 39.7 Å². The average molecular weight is 433 g/mol. The molecule has 1 saturated heterocycles. The highest BCUT2D eigenvalue weighted by Crippen LogP contribution is 2.30. The Hall–Kier alpha value is -2.58. The van der Waals surface area contributed by atoms with Crippen molar-refractivity contribution in [3.05, 3.63) is 35.0 Å². The molecule has 170 valence electrons. The summed E-state index contributed by atoms with van der Waals surface area (Å²) in [5.41, 5.74) is 3.20. The fourth-order valence-electron chi connectivity index (χ4n) is 3.89. The van der Waals surface area contributed by atoms with Gasteiger partial charge < -0.3 is 23.8 Å². The third kappa shape index (κ3) is 5.98. The van der Waals surface area contributed by atoms with Gasteiger partial charge in [0.1, 0.15) is 32.7 Å². The van der Waals surface area contributed by atoms with Crippen LogP contribution < -0.4 is 24.6 Å². The summed E-state index contributed by atoms with van der Waals surface area (Å²) in [5, 5.41) is 6.89. The van der Waals surface area contributed by atoms with Gasteiger partial charge in [0.15, 0.2) is 18.0 Å². The van der Waals surface area contributed by atoms with E-state index in [1.165, 1.54) is 20.9 Å². The fraction of sp³-hybridized carbons (Fsp3) is 0.565. The number of nitrogens with one attached hydrogen (secondary N) is 3. The van der Waals surface area contributed by atoms with Crippen LogP contribution in [0.3, 0.4) is 0 Å². The van der Waals surface area contributed by atoms with E-state index in [4.69, 9.17) is 14.0 Å². The molecule has 1 aromatic heterocycles. The predicted molar refractivity (Wildman–Crippen MR) is 118 cm³/mol. The molecular formula is C23H36N4O4+2. The van der Waals surface area contributed by atoms with Gasteiger partial charge in [-0.25, -0.2) is 0 Å². The third-order valence-electron chi connectivity index (χ3n) is 5.90. The molecule has 0 aliphatic carbocycles. The summed E-state index contributed by atoms with van der Waals surface area (Å²) in [7, 11) is 3.33. The van der Waals surface area contributed by atoms with Gasteiger partial charge in [0.05, 0.1) is 19.9 Å². The van der Waals surface area contributed by atoms with Gasteiger partial charge in [-0.1, -0.05) is 25.9 Å². The molecule has 0 spiro atoms. The van der Waals surface area contributed by atoms with Crippen molar-refractivity contribution in [1.29, 1.82) is 0 Å². The number of hydrogen-bond donors (Lipinski definition) is 3. The Bertz CT molecular complexity index is 895. The van der Waals surface area contributed by atoms with Crippen molar-refractivity contribution < 1.29 is 28.6 Å². The van der Waals surface area contributed by atoms with E-state index in [9.17, 15) is 4.79 Å². The number of hydrogen-bond acceptors (Lipinski definition) is 5. The summed E-state index contributed by atoms with van der Waals surface area (Å²) in [6.07, 6.45) is 0. The molecule has 1 aromatic carbocycles. The summed E-state index contributed by atoms with van der Waals surface area (Å²) in [6, 6.07) is 5.92. The highest BCUT2D eigenvalue weighted by molar-refractivity contribution is 5.90. The van der Waals surface area contributed by atoms with Crippen molar-refractivity contribution in [2.75, 3.05) is 52.3 Å². The van der Waals surface area contributed by atoms with Crippen molar-refractivity contribution in [3.8, 4) is 11.5 Å². The number of benzene rings is 1. The predicted octanol–water partition coefficient (Wildman–Crippen LogP) is 0.220. The Morgan fingerprint density at radius 1 is 1.06 bits per heavy atom. The second-order valence-electron chi connectivity index (χ2n) is 9.36. The summed E-state index contributed by atoms with van der Waals surface area (Å²) < 4.78 is 16.1. The molecule has 3 rings (SSSR count). The molecule has 0 unspecified atom stereocenters. The Kier molecular flexibility index (Phi) is 7.23. The molecule has 2 heterocycles. The quantitative estimate of drug-likeness (QED) is 0.583. The number of carbonyl (C=O) groups excluding carboxylic acids is 1. The minimum absolute atomic E-state index is 0.0363. The summed E-state index contributed by atoms with van der Waals surface area (Å²) in [5.74, 6) is 1.92. The van der Waals surface area contributed by atoms with Crippen LogP contribution in [0.2, 0.25) is 0 Å². The first-order valence-electron chi connectivity index (χ1n) is 10.8. The standard InChI is InChI=1S/C23H34N4O4/c1-16-11-18(29-5)19(30-6)12-17(16)14-26-7-9-27(10-8-26)15-21(28)24-22-13-20(25-31-22)23(2,3)4/h11-13H,7-10,14-15H2,1-6H3,(H,24,28)/p+2. The van der Waals surface area contributed by atoms with Crippen molar-refractivity contribution >= 4 is 11.8 Å². The van der Waals surface area contributed by atoms with E-state index >= 15 is 0 Å². The number of methoxy groups -OCH3 is 2. The first kappa shape index (κ1) is 23.1. The number of aromatic nitrogens is 1. The molecule has 1 amide bonds. The molecule has 8 nitrogen and oxygen atoms in total. The highest BCUT2D eigenvalue weighted by Gasteiger charge is 2.26. The fourth-order valence-corrected chi connectivity index (χ4v) is 3.89. The zero-order valence-corrected chi connectivity index (χ0v) is 19.6. The lowest BCUT2D eigenvalue weighted by molar-refractivity contribution is -1.02. The SMILES string of the molecule is COc1cc(C)c(C[NH+]2CC[NH+](CC(=O)Nc3cc(C(C)(C)C)no3)CC2)cc1OC. The van der Waals surface area contributed by atoms with Crippen molar-refractivity contribution in [1.82, 2.24) is 5.16 Å². The minimum Gasteiger partial charge on any atom is -0.493 e. The van der Waals surface area contributed by atoms with E-state index in [2.05, 4.69) is 44.2 Å². The molecule has 31 heavy (non-hydrogen) atoms. The number of amides is 1. The van der Waals surface area contributed by atoms with E-state index in [-0.39, 0.29) is 11.3 Å². The zero-order valence-electron chi connectivity index (χ0n) is 19.6. The Morgan fingerprint density at radius 2 is 1.68 bits per heavy atom. The first-order chi connectivity index (χ1) is 14.7. The number of carbonyl (C=O) groups is 1. The number of rotatable bonds is 7. The number of quaternary nitrogens is 2. The minimum atomic E-state index is -0.108. The van der Waals surface area contributed by atoms with Gasteiger partial charge in [-0.05, 0) is 24.6 Å². The Balaban J connectivity index is 1.48. The van der Waals surface area contributed by atoms with Crippen LogP contribution >= 0.6 is 0 Å². The summed E-state index contributed by atoms with van der Waals surface area (Å²) in [4.78, 5) is 15.2. The number of nitrogens with zero attached hydrogens (tertiary/aromatic N) is 1.